The number of hydrogen-bond donors (Lipinski definition) is 0. The molecule has 1 saturated carbocycles. The van der Waals surface area contributed by atoms with Gasteiger partial charge in [0.25, 0.3) is 5.91 Å². The third-order valence-corrected chi connectivity index (χ3v) is 5.36. The van der Waals surface area contributed by atoms with Crippen LogP contribution in [0.1, 0.15) is 53.9 Å². The third-order valence-electron chi connectivity index (χ3n) is 5.36. The predicted octanol–water partition coefficient (Wildman–Crippen LogP) is 3.79. The summed E-state index contributed by atoms with van der Waals surface area (Å²) in [5.41, 5.74) is 3.52. The molecule has 0 N–H and O–H groups in total. The van der Waals surface area contributed by atoms with Crippen molar-refractivity contribution < 1.29 is 9.53 Å². The SMILES string of the molecule is COCCn1cc(C(=O)N2CCCCC2)c2cccc(C3CC3)c21. The topological polar surface area (TPSA) is 34.5 Å². The lowest BCUT2D eigenvalue weighted by atomic mass is 10.0. The number of aromatic nitrogens is 1. The van der Waals surface area contributed by atoms with Crippen molar-refractivity contribution >= 4 is 16.8 Å². The molecule has 128 valence electrons. The van der Waals surface area contributed by atoms with Gasteiger partial charge in [-0.2, -0.15) is 0 Å². The van der Waals surface area contributed by atoms with E-state index in [4.69, 9.17) is 4.74 Å². The number of likely N-dealkylation sites (tertiary alicyclic amines) is 1. The first-order chi connectivity index (χ1) is 11.8. The standard InChI is InChI=1S/C20H26N2O2/c1-24-13-12-22-14-18(20(23)21-10-3-2-4-11-21)17-7-5-6-16(19(17)22)15-8-9-15/h5-7,14-15H,2-4,8-13H2,1H3. The zero-order chi connectivity index (χ0) is 16.5. The van der Waals surface area contributed by atoms with Crippen LogP contribution in [0.2, 0.25) is 0 Å². The molecular weight excluding hydrogens is 300 g/mol. The molecule has 2 fully saturated rings. The Morgan fingerprint density at radius 3 is 2.71 bits per heavy atom. The molecule has 1 aromatic carbocycles. The van der Waals surface area contributed by atoms with E-state index in [-0.39, 0.29) is 5.91 Å². The molecule has 4 heteroatoms. The quantitative estimate of drug-likeness (QED) is 0.838. The second kappa shape index (κ2) is 6.60. The largest absolute Gasteiger partial charge is 0.383 e. The first kappa shape index (κ1) is 15.7. The number of rotatable bonds is 5. The molecule has 0 atom stereocenters. The lowest BCUT2D eigenvalue weighted by molar-refractivity contribution is 0.0726. The van der Waals surface area contributed by atoms with Gasteiger partial charge in [0.05, 0.1) is 17.7 Å². The van der Waals surface area contributed by atoms with E-state index in [9.17, 15) is 4.79 Å². The van der Waals surface area contributed by atoms with Gasteiger partial charge in [-0.3, -0.25) is 4.79 Å². The molecule has 2 heterocycles. The Bertz CT molecular complexity index is 739. The minimum Gasteiger partial charge on any atom is -0.383 e. The summed E-state index contributed by atoms with van der Waals surface area (Å²) in [5.74, 6) is 0.867. The minimum atomic E-state index is 0.198. The average molecular weight is 326 g/mol. The lowest BCUT2D eigenvalue weighted by Crippen LogP contribution is -2.35. The van der Waals surface area contributed by atoms with Crippen LogP contribution in [0.25, 0.3) is 10.9 Å². The summed E-state index contributed by atoms with van der Waals surface area (Å²) in [7, 11) is 1.73. The highest BCUT2D eigenvalue weighted by atomic mass is 16.5. The van der Waals surface area contributed by atoms with E-state index in [1.165, 1.54) is 30.3 Å². The van der Waals surface area contributed by atoms with Crippen LogP contribution in [-0.2, 0) is 11.3 Å². The molecular formula is C20H26N2O2. The maximum Gasteiger partial charge on any atom is 0.256 e. The average Bonchev–Trinajstić information content (AvgIpc) is 3.41. The number of carbonyl (C=O) groups excluding carboxylic acids is 1. The molecule has 1 amide bonds. The van der Waals surface area contributed by atoms with Gasteiger partial charge in [-0.1, -0.05) is 18.2 Å². The molecule has 4 rings (SSSR count). The number of benzene rings is 1. The maximum atomic E-state index is 13.1. The molecule has 1 aliphatic carbocycles. The number of methoxy groups -OCH3 is 1. The summed E-state index contributed by atoms with van der Waals surface area (Å²) >= 11 is 0. The van der Waals surface area contributed by atoms with Crippen molar-refractivity contribution in [2.75, 3.05) is 26.8 Å². The van der Waals surface area contributed by atoms with Crippen LogP contribution in [-0.4, -0.2) is 42.2 Å². The van der Waals surface area contributed by atoms with Gasteiger partial charge in [0.1, 0.15) is 0 Å². The summed E-state index contributed by atoms with van der Waals surface area (Å²) in [5, 5.41) is 1.12. The van der Waals surface area contributed by atoms with E-state index in [2.05, 4.69) is 29.0 Å². The molecule has 0 spiro atoms. The minimum absolute atomic E-state index is 0.198. The summed E-state index contributed by atoms with van der Waals surface area (Å²) in [6, 6.07) is 6.46. The van der Waals surface area contributed by atoms with Crippen LogP contribution < -0.4 is 0 Å². The van der Waals surface area contributed by atoms with Crippen molar-refractivity contribution in [3.8, 4) is 0 Å². The number of fused-ring (bicyclic) bond motifs is 1. The van der Waals surface area contributed by atoms with Crippen LogP contribution in [0.3, 0.4) is 0 Å². The Labute approximate surface area is 143 Å². The lowest BCUT2D eigenvalue weighted by Gasteiger charge is -2.26. The van der Waals surface area contributed by atoms with Gasteiger partial charge in [-0.25, -0.2) is 0 Å². The Kier molecular flexibility index (Phi) is 4.31. The first-order valence-corrected chi connectivity index (χ1v) is 9.19. The van der Waals surface area contributed by atoms with E-state index >= 15 is 0 Å². The highest BCUT2D eigenvalue weighted by Gasteiger charge is 2.29. The zero-order valence-corrected chi connectivity index (χ0v) is 14.5. The van der Waals surface area contributed by atoms with Gasteiger partial charge >= 0.3 is 0 Å². The number of ether oxygens (including phenoxy) is 1. The summed E-state index contributed by atoms with van der Waals surface area (Å²) in [6.07, 6.45) is 8.09. The van der Waals surface area contributed by atoms with E-state index < -0.39 is 0 Å². The number of carbonyl (C=O) groups is 1. The van der Waals surface area contributed by atoms with Crippen molar-refractivity contribution in [2.45, 2.75) is 44.6 Å². The van der Waals surface area contributed by atoms with Crippen molar-refractivity contribution in [2.24, 2.45) is 0 Å². The second-order valence-electron chi connectivity index (χ2n) is 7.10. The number of piperidine rings is 1. The molecule has 2 aliphatic rings. The van der Waals surface area contributed by atoms with Crippen LogP contribution in [0.4, 0.5) is 0 Å². The molecule has 24 heavy (non-hydrogen) atoms. The zero-order valence-electron chi connectivity index (χ0n) is 14.5. The number of para-hydroxylation sites is 1. The predicted molar refractivity (Wildman–Crippen MR) is 95.5 cm³/mol. The van der Waals surface area contributed by atoms with E-state index in [1.54, 1.807) is 7.11 Å². The van der Waals surface area contributed by atoms with Crippen LogP contribution in [0.15, 0.2) is 24.4 Å². The molecule has 1 aromatic heterocycles. The fourth-order valence-corrected chi connectivity index (χ4v) is 3.92. The molecule has 0 bridgehead atoms. The smallest absolute Gasteiger partial charge is 0.256 e. The van der Waals surface area contributed by atoms with Gasteiger partial charge in [-0.15, -0.1) is 0 Å². The maximum absolute atomic E-state index is 13.1. The highest BCUT2D eigenvalue weighted by molar-refractivity contribution is 6.07. The third kappa shape index (κ3) is 2.84. The van der Waals surface area contributed by atoms with Gasteiger partial charge in [0.15, 0.2) is 0 Å². The monoisotopic (exact) mass is 326 g/mol. The van der Waals surface area contributed by atoms with E-state index in [1.807, 2.05) is 4.90 Å². The summed E-state index contributed by atoms with van der Waals surface area (Å²) in [6.45, 7) is 3.25. The second-order valence-corrected chi connectivity index (χ2v) is 7.10. The Balaban J connectivity index is 1.77. The van der Waals surface area contributed by atoms with Crippen molar-refractivity contribution in [1.82, 2.24) is 9.47 Å². The van der Waals surface area contributed by atoms with Gasteiger partial charge in [0, 0.05) is 38.3 Å². The number of hydrogen-bond acceptors (Lipinski definition) is 2. The first-order valence-electron chi connectivity index (χ1n) is 9.19. The van der Waals surface area contributed by atoms with Crippen molar-refractivity contribution in [1.29, 1.82) is 0 Å². The van der Waals surface area contributed by atoms with Crippen molar-refractivity contribution in [3.63, 3.8) is 0 Å². The molecule has 0 unspecified atom stereocenters. The van der Waals surface area contributed by atoms with Gasteiger partial charge < -0.3 is 14.2 Å². The number of amides is 1. The van der Waals surface area contributed by atoms with Crippen molar-refractivity contribution in [3.05, 3.63) is 35.5 Å². The molecule has 1 aliphatic heterocycles. The van der Waals surface area contributed by atoms with Gasteiger partial charge in [0.2, 0.25) is 0 Å². The van der Waals surface area contributed by atoms with Gasteiger partial charge in [-0.05, 0) is 43.6 Å². The summed E-state index contributed by atoms with van der Waals surface area (Å²) < 4.78 is 7.52. The van der Waals surface area contributed by atoms with E-state index in [0.29, 0.717) is 12.5 Å². The van der Waals surface area contributed by atoms with Crippen LogP contribution >= 0.6 is 0 Å². The van der Waals surface area contributed by atoms with Crippen LogP contribution in [0, 0.1) is 0 Å². The normalized spacial score (nSPS) is 18.3. The summed E-state index contributed by atoms with van der Waals surface area (Å²) in [4.78, 5) is 15.1. The number of nitrogens with zero attached hydrogens (tertiary/aromatic N) is 2. The highest BCUT2D eigenvalue weighted by Crippen LogP contribution is 2.44. The molecule has 2 aromatic rings. The molecule has 4 nitrogen and oxygen atoms in total. The van der Waals surface area contributed by atoms with E-state index in [0.717, 1.165) is 43.4 Å². The Hall–Kier alpha value is -1.81. The Morgan fingerprint density at radius 1 is 1.21 bits per heavy atom. The van der Waals surface area contributed by atoms with Crippen LogP contribution in [0.5, 0.6) is 0 Å². The molecule has 0 radical (unpaired) electrons. The Morgan fingerprint density at radius 2 is 2.00 bits per heavy atom. The fourth-order valence-electron chi connectivity index (χ4n) is 3.92. The molecule has 1 saturated heterocycles. The fraction of sp³-hybridized carbons (Fsp3) is 0.550.